The van der Waals surface area contributed by atoms with E-state index in [-0.39, 0.29) is 5.78 Å². The summed E-state index contributed by atoms with van der Waals surface area (Å²) in [5.74, 6) is 0.275. The highest BCUT2D eigenvalue weighted by Gasteiger charge is 2.34. The minimum atomic E-state index is -1.11. The molecule has 1 heterocycles. The molecule has 1 N–H and O–H groups in total. The molecule has 3 heteroatoms. The van der Waals surface area contributed by atoms with Crippen molar-refractivity contribution in [1.82, 2.24) is 0 Å². The van der Waals surface area contributed by atoms with E-state index in [1.54, 1.807) is 24.3 Å². The minimum absolute atomic E-state index is 0.270. The number of rotatable bonds is 1. The van der Waals surface area contributed by atoms with Crippen LogP contribution < -0.4 is 4.74 Å². The second-order valence-electron chi connectivity index (χ2n) is 3.92. The second-order valence-corrected chi connectivity index (χ2v) is 3.92. The number of fused-ring (bicyclic) bond motifs is 1. The number of ketones is 1. The first-order valence-electron chi connectivity index (χ1n) is 5.26. The van der Waals surface area contributed by atoms with Crippen LogP contribution in [0, 0.1) is 6.92 Å². The van der Waals surface area contributed by atoms with Crippen molar-refractivity contribution in [2.75, 3.05) is 0 Å². The number of aliphatic hydroxyl groups is 1. The van der Waals surface area contributed by atoms with E-state index in [9.17, 15) is 9.90 Å². The zero-order chi connectivity index (χ0) is 11.7. The Morgan fingerprint density at radius 3 is 2.88 bits per heavy atom. The predicted molar refractivity (Wildman–Crippen MR) is 60.7 cm³/mol. The third kappa shape index (κ3) is 1.74. The number of aryl methyl sites for hydroxylation is 1. The fourth-order valence-corrected chi connectivity index (χ4v) is 1.79. The summed E-state index contributed by atoms with van der Waals surface area (Å²) in [4.78, 5) is 11.9. The summed E-state index contributed by atoms with van der Waals surface area (Å²) in [6, 6.07) is 5.40. The molecule has 0 aromatic heterocycles. The third-order valence-corrected chi connectivity index (χ3v) is 2.63. The Morgan fingerprint density at radius 2 is 2.19 bits per heavy atom. The second kappa shape index (κ2) is 4.10. The van der Waals surface area contributed by atoms with Crippen molar-refractivity contribution in [3.8, 4) is 5.75 Å². The maximum Gasteiger partial charge on any atom is 0.199 e. The fraction of sp³-hybridized carbons (Fsp3) is 0.308. The summed E-state index contributed by atoms with van der Waals surface area (Å²) in [5, 5.41) is 9.78. The molecule has 0 amide bonds. The highest BCUT2D eigenvalue weighted by Crippen LogP contribution is 2.29. The van der Waals surface area contributed by atoms with E-state index >= 15 is 0 Å². The topological polar surface area (TPSA) is 46.5 Å². The van der Waals surface area contributed by atoms with Crippen LogP contribution in [0.5, 0.6) is 5.75 Å². The highest BCUT2D eigenvalue weighted by atomic mass is 16.5. The molecule has 2 atom stereocenters. The number of benzene rings is 1. The first-order chi connectivity index (χ1) is 7.63. The number of carbonyl (C=O) groups excluding carboxylic acids is 1. The zero-order valence-electron chi connectivity index (χ0n) is 9.31. The van der Waals surface area contributed by atoms with Crippen LogP contribution in [0.2, 0.25) is 0 Å². The number of ether oxygens (including phenoxy) is 1. The van der Waals surface area contributed by atoms with Crippen molar-refractivity contribution in [2.45, 2.75) is 26.1 Å². The molecule has 0 saturated carbocycles. The summed E-state index contributed by atoms with van der Waals surface area (Å²) in [6.45, 7) is 3.73. The fourth-order valence-electron chi connectivity index (χ4n) is 1.79. The van der Waals surface area contributed by atoms with E-state index in [2.05, 4.69) is 0 Å². The molecule has 1 aliphatic rings. The molecule has 0 spiro atoms. The van der Waals surface area contributed by atoms with E-state index < -0.39 is 12.2 Å². The Hall–Kier alpha value is -1.61. The van der Waals surface area contributed by atoms with Crippen LogP contribution in [0.4, 0.5) is 0 Å². The Morgan fingerprint density at radius 1 is 1.44 bits per heavy atom. The Labute approximate surface area is 94.4 Å². The molecule has 0 saturated heterocycles. The van der Waals surface area contributed by atoms with Gasteiger partial charge in [0.1, 0.15) is 5.75 Å². The average molecular weight is 218 g/mol. The Bertz CT molecular complexity index is 448. The monoisotopic (exact) mass is 218 g/mol. The summed E-state index contributed by atoms with van der Waals surface area (Å²) in [6.07, 6.45) is 1.77. The SMILES string of the molecule is C/C=C/[C@H]1Oc2ccc(C)cc2C(=O)[C@@H]1O. The van der Waals surface area contributed by atoms with Crippen molar-refractivity contribution >= 4 is 5.78 Å². The van der Waals surface area contributed by atoms with E-state index in [1.165, 1.54) is 0 Å². The van der Waals surface area contributed by atoms with Crippen molar-refractivity contribution < 1.29 is 14.6 Å². The number of Topliss-reactive ketones (excluding diaryl/α,β-unsaturated/α-hetero) is 1. The summed E-state index contributed by atoms with van der Waals surface area (Å²) < 4.78 is 5.55. The van der Waals surface area contributed by atoms with Gasteiger partial charge in [0.25, 0.3) is 0 Å². The number of allylic oxidation sites excluding steroid dienone is 1. The maximum absolute atomic E-state index is 11.9. The standard InChI is InChI=1S/C13H14O3/c1-3-4-11-13(15)12(14)9-7-8(2)5-6-10(9)16-11/h3-7,11,13,15H,1-2H3/b4-3+/t11-,13-/m1/s1. The molecule has 84 valence electrons. The molecule has 0 radical (unpaired) electrons. The van der Waals surface area contributed by atoms with Gasteiger partial charge in [0.2, 0.25) is 0 Å². The van der Waals surface area contributed by atoms with Gasteiger partial charge >= 0.3 is 0 Å². The molecule has 16 heavy (non-hydrogen) atoms. The van der Waals surface area contributed by atoms with Gasteiger partial charge in [0.15, 0.2) is 18.0 Å². The Kier molecular flexibility index (Phi) is 2.79. The molecule has 0 unspecified atom stereocenters. The lowest BCUT2D eigenvalue weighted by Gasteiger charge is -2.27. The lowest BCUT2D eigenvalue weighted by Crippen LogP contribution is -2.41. The molecule has 3 nitrogen and oxygen atoms in total. The molecular formula is C13H14O3. The smallest absolute Gasteiger partial charge is 0.199 e. The van der Waals surface area contributed by atoms with Crippen LogP contribution in [-0.4, -0.2) is 23.1 Å². The molecule has 1 aromatic carbocycles. The lowest BCUT2D eigenvalue weighted by molar-refractivity contribution is 0.0378. The third-order valence-electron chi connectivity index (χ3n) is 2.63. The normalized spacial score (nSPS) is 24.3. The van der Waals surface area contributed by atoms with E-state index in [0.717, 1.165) is 5.56 Å². The van der Waals surface area contributed by atoms with Crippen LogP contribution in [-0.2, 0) is 0 Å². The molecular weight excluding hydrogens is 204 g/mol. The largest absolute Gasteiger partial charge is 0.482 e. The van der Waals surface area contributed by atoms with Gasteiger partial charge in [-0.3, -0.25) is 4.79 Å². The van der Waals surface area contributed by atoms with Crippen molar-refractivity contribution in [3.63, 3.8) is 0 Å². The van der Waals surface area contributed by atoms with Crippen LogP contribution >= 0.6 is 0 Å². The average Bonchev–Trinajstić information content (AvgIpc) is 2.27. The Balaban J connectivity index is 2.44. The number of aliphatic hydroxyl groups excluding tert-OH is 1. The van der Waals surface area contributed by atoms with Gasteiger partial charge in [0.05, 0.1) is 5.56 Å². The molecule has 0 bridgehead atoms. The van der Waals surface area contributed by atoms with Crippen molar-refractivity contribution in [3.05, 3.63) is 41.5 Å². The summed E-state index contributed by atoms with van der Waals surface area (Å²) >= 11 is 0. The van der Waals surface area contributed by atoms with Gasteiger partial charge in [0, 0.05) is 0 Å². The van der Waals surface area contributed by atoms with Gasteiger partial charge in [-0.2, -0.15) is 0 Å². The predicted octanol–water partition coefficient (Wildman–Crippen LogP) is 1.88. The highest BCUT2D eigenvalue weighted by molar-refractivity contribution is 6.03. The first kappa shape index (κ1) is 10.9. The van der Waals surface area contributed by atoms with Gasteiger partial charge < -0.3 is 9.84 Å². The summed E-state index contributed by atoms with van der Waals surface area (Å²) in [5.41, 5.74) is 1.45. The van der Waals surface area contributed by atoms with Crippen molar-refractivity contribution in [1.29, 1.82) is 0 Å². The van der Waals surface area contributed by atoms with Crippen LogP contribution in [0.1, 0.15) is 22.8 Å². The molecule has 2 rings (SSSR count). The number of hydrogen-bond acceptors (Lipinski definition) is 3. The number of carbonyl (C=O) groups is 1. The first-order valence-corrected chi connectivity index (χ1v) is 5.26. The van der Waals surface area contributed by atoms with Crippen LogP contribution in [0.25, 0.3) is 0 Å². The quantitative estimate of drug-likeness (QED) is 0.732. The van der Waals surface area contributed by atoms with Gasteiger partial charge in [-0.15, -0.1) is 0 Å². The van der Waals surface area contributed by atoms with Gasteiger partial charge in [-0.1, -0.05) is 17.7 Å². The van der Waals surface area contributed by atoms with Gasteiger partial charge in [-0.05, 0) is 32.1 Å². The van der Waals surface area contributed by atoms with E-state index in [0.29, 0.717) is 11.3 Å². The molecule has 0 aliphatic carbocycles. The van der Waals surface area contributed by atoms with Crippen LogP contribution in [0.3, 0.4) is 0 Å². The van der Waals surface area contributed by atoms with E-state index in [4.69, 9.17) is 4.74 Å². The minimum Gasteiger partial charge on any atom is -0.482 e. The molecule has 0 fully saturated rings. The lowest BCUT2D eigenvalue weighted by atomic mass is 9.96. The van der Waals surface area contributed by atoms with Crippen molar-refractivity contribution in [2.24, 2.45) is 0 Å². The molecule has 1 aromatic rings. The zero-order valence-corrected chi connectivity index (χ0v) is 9.31. The van der Waals surface area contributed by atoms with Gasteiger partial charge in [-0.25, -0.2) is 0 Å². The molecule has 1 aliphatic heterocycles. The van der Waals surface area contributed by atoms with E-state index in [1.807, 2.05) is 19.9 Å². The maximum atomic E-state index is 11.9. The number of hydrogen-bond donors (Lipinski definition) is 1. The van der Waals surface area contributed by atoms with Crippen LogP contribution in [0.15, 0.2) is 30.4 Å². The summed E-state index contributed by atoms with van der Waals surface area (Å²) in [7, 11) is 0.